The first-order valence-electron chi connectivity index (χ1n) is 10.1. The fraction of sp³-hybridized carbons (Fsp3) is 0.391. The van der Waals surface area contributed by atoms with Crippen LogP contribution in [0.15, 0.2) is 47.3 Å². The summed E-state index contributed by atoms with van der Waals surface area (Å²) in [6.07, 6.45) is 6.51. The molecule has 28 heavy (non-hydrogen) atoms. The predicted octanol–water partition coefficient (Wildman–Crippen LogP) is 3.75. The van der Waals surface area contributed by atoms with E-state index in [9.17, 15) is 9.59 Å². The Morgan fingerprint density at radius 2 is 1.89 bits per heavy atom. The largest absolute Gasteiger partial charge is 0.494 e. The molecule has 146 valence electrons. The monoisotopic (exact) mass is 378 g/mol. The van der Waals surface area contributed by atoms with Gasteiger partial charge in [0.05, 0.1) is 6.61 Å². The summed E-state index contributed by atoms with van der Waals surface area (Å²) >= 11 is 0. The van der Waals surface area contributed by atoms with Crippen LogP contribution >= 0.6 is 0 Å². The molecule has 5 nitrogen and oxygen atoms in total. The number of aromatic nitrogens is 1. The van der Waals surface area contributed by atoms with Crippen LogP contribution in [0.25, 0.3) is 5.57 Å². The molecule has 2 aromatic rings. The first kappa shape index (κ1) is 18.5. The highest BCUT2D eigenvalue weighted by Gasteiger charge is 2.26. The molecule has 2 aliphatic rings. The molecule has 1 saturated heterocycles. The van der Waals surface area contributed by atoms with Crippen molar-refractivity contribution in [3.05, 3.63) is 69.6 Å². The maximum Gasteiger partial charge on any atom is 0.251 e. The zero-order valence-corrected chi connectivity index (χ0v) is 16.2. The lowest BCUT2D eigenvalue weighted by Crippen LogP contribution is -2.23. The average Bonchev–Trinajstić information content (AvgIpc) is 3.46. The summed E-state index contributed by atoms with van der Waals surface area (Å²) < 4.78 is 5.68. The van der Waals surface area contributed by atoms with Crippen molar-refractivity contribution >= 4 is 11.5 Å². The van der Waals surface area contributed by atoms with Crippen LogP contribution < -0.4 is 15.6 Å². The molecule has 1 aliphatic heterocycles. The Labute approximate surface area is 164 Å². The van der Waals surface area contributed by atoms with Gasteiger partial charge in [0, 0.05) is 29.3 Å². The molecule has 2 N–H and O–H groups in total. The molecule has 1 aromatic heterocycles. The number of ether oxygens (including phenoxy) is 1. The maximum atomic E-state index is 12.5. The number of nitrogens with one attached hydrogen (secondary N) is 2. The van der Waals surface area contributed by atoms with Crippen LogP contribution in [0.5, 0.6) is 5.75 Å². The lowest BCUT2D eigenvalue weighted by molar-refractivity contribution is -0.119. The van der Waals surface area contributed by atoms with Crippen molar-refractivity contribution in [2.75, 3.05) is 6.61 Å². The average molecular weight is 378 g/mol. The number of carbonyl (C=O) groups excluding carboxylic acids is 1. The van der Waals surface area contributed by atoms with E-state index in [0.717, 1.165) is 53.8 Å². The fourth-order valence-electron chi connectivity index (χ4n) is 3.61. The second-order valence-corrected chi connectivity index (χ2v) is 7.60. The third-order valence-corrected chi connectivity index (χ3v) is 5.28. The summed E-state index contributed by atoms with van der Waals surface area (Å²) in [6, 6.07) is 11.8. The molecular weight excluding hydrogens is 352 g/mol. The van der Waals surface area contributed by atoms with E-state index in [4.69, 9.17) is 4.74 Å². The van der Waals surface area contributed by atoms with Crippen LogP contribution in [0.2, 0.25) is 0 Å². The van der Waals surface area contributed by atoms with Crippen LogP contribution in [0.4, 0.5) is 0 Å². The van der Waals surface area contributed by atoms with Gasteiger partial charge in [0.15, 0.2) is 0 Å². The molecule has 2 fully saturated rings. The topological polar surface area (TPSA) is 71.2 Å². The van der Waals surface area contributed by atoms with Gasteiger partial charge in [0.2, 0.25) is 5.91 Å². The Kier molecular flexibility index (Phi) is 5.33. The lowest BCUT2D eigenvalue weighted by Gasteiger charge is -2.13. The molecule has 4 rings (SSSR count). The fourth-order valence-corrected chi connectivity index (χ4v) is 3.61. The highest BCUT2D eigenvalue weighted by Crippen LogP contribution is 2.38. The zero-order valence-electron chi connectivity index (χ0n) is 16.2. The van der Waals surface area contributed by atoms with Gasteiger partial charge < -0.3 is 15.0 Å². The van der Waals surface area contributed by atoms with Crippen LogP contribution in [0, 0.1) is 0 Å². The van der Waals surface area contributed by atoms with Gasteiger partial charge in [-0.2, -0.15) is 0 Å². The van der Waals surface area contributed by atoms with Gasteiger partial charge in [0.1, 0.15) is 5.75 Å². The number of benzene rings is 1. The van der Waals surface area contributed by atoms with Crippen molar-refractivity contribution in [2.24, 2.45) is 0 Å². The quantitative estimate of drug-likeness (QED) is 0.771. The molecule has 1 amide bonds. The summed E-state index contributed by atoms with van der Waals surface area (Å²) in [6.45, 7) is 2.76. The molecular formula is C23H26N2O3. The van der Waals surface area contributed by atoms with Crippen molar-refractivity contribution in [1.29, 1.82) is 0 Å². The van der Waals surface area contributed by atoms with Crippen LogP contribution in [-0.2, 0) is 4.79 Å². The number of H-pyrrole nitrogens is 1. The SMILES string of the molecule is CCCOc1ccc(/C(=C\[C@H]2CCC(=O)N2)c2ccc(C3CC3)c(=O)[nH]2)cc1. The minimum absolute atomic E-state index is 0.00995. The van der Waals surface area contributed by atoms with E-state index >= 15 is 0 Å². The van der Waals surface area contributed by atoms with Gasteiger partial charge in [-0.3, -0.25) is 9.59 Å². The number of carbonyl (C=O) groups is 1. The van der Waals surface area contributed by atoms with E-state index in [2.05, 4.69) is 23.3 Å². The molecule has 0 radical (unpaired) electrons. The van der Waals surface area contributed by atoms with Crippen molar-refractivity contribution < 1.29 is 9.53 Å². The van der Waals surface area contributed by atoms with Crippen LogP contribution in [0.1, 0.15) is 61.8 Å². The van der Waals surface area contributed by atoms with Gasteiger partial charge in [-0.25, -0.2) is 0 Å². The summed E-state index contributed by atoms with van der Waals surface area (Å²) in [7, 11) is 0. The highest BCUT2D eigenvalue weighted by molar-refractivity contribution is 5.82. The van der Waals surface area contributed by atoms with Gasteiger partial charge in [-0.15, -0.1) is 0 Å². The first-order chi connectivity index (χ1) is 13.6. The van der Waals surface area contributed by atoms with Crippen molar-refractivity contribution in [1.82, 2.24) is 10.3 Å². The summed E-state index contributed by atoms with van der Waals surface area (Å²) in [5, 5.41) is 2.99. The van der Waals surface area contributed by atoms with E-state index < -0.39 is 0 Å². The van der Waals surface area contributed by atoms with Crippen LogP contribution in [-0.4, -0.2) is 23.5 Å². The first-order valence-corrected chi connectivity index (χ1v) is 10.1. The Bertz CT molecular complexity index is 939. The number of aromatic amines is 1. The Morgan fingerprint density at radius 1 is 1.11 bits per heavy atom. The number of hydrogen-bond acceptors (Lipinski definition) is 3. The maximum absolute atomic E-state index is 12.5. The Morgan fingerprint density at radius 3 is 2.50 bits per heavy atom. The third kappa shape index (κ3) is 4.19. The van der Waals surface area contributed by atoms with Gasteiger partial charge >= 0.3 is 0 Å². The third-order valence-electron chi connectivity index (χ3n) is 5.28. The van der Waals surface area contributed by atoms with Gasteiger partial charge in [0.25, 0.3) is 5.56 Å². The highest BCUT2D eigenvalue weighted by atomic mass is 16.5. The van der Waals surface area contributed by atoms with Crippen molar-refractivity contribution in [3.8, 4) is 5.75 Å². The molecule has 1 aliphatic carbocycles. The lowest BCUT2D eigenvalue weighted by atomic mass is 9.98. The van der Waals surface area contributed by atoms with E-state index in [-0.39, 0.29) is 17.5 Å². The van der Waals surface area contributed by atoms with E-state index in [0.29, 0.717) is 18.9 Å². The molecule has 5 heteroatoms. The smallest absolute Gasteiger partial charge is 0.251 e. The minimum atomic E-state index is -0.0230. The molecule has 0 bridgehead atoms. The van der Waals surface area contributed by atoms with Crippen LogP contribution in [0.3, 0.4) is 0 Å². The normalized spacial score (nSPS) is 19.5. The van der Waals surface area contributed by atoms with Crippen molar-refractivity contribution in [2.45, 2.75) is 51.0 Å². The number of pyridine rings is 1. The van der Waals surface area contributed by atoms with Gasteiger partial charge in [-0.05, 0) is 55.4 Å². The van der Waals surface area contributed by atoms with E-state index in [1.807, 2.05) is 36.4 Å². The molecule has 0 spiro atoms. The second kappa shape index (κ2) is 8.05. The molecule has 2 heterocycles. The number of amides is 1. The van der Waals surface area contributed by atoms with E-state index in [1.54, 1.807) is 0 Å². The second-order valence-electron chi connectivity index (χ2n) is 7.60. The molecule has 1 aromatic carbocycles. The van der Waals surface area contributed by atoms with E-state index in [1.165, 1.54) is 0 Å². The van der Waals surface area contributed by atoms with Crippen molar-refractivity contribution in [3.63, 3.8) is 0 Å². The predicted molar refractivity (Wildman–Crippen MR) is 110 cm³/mol. The molecule has 1 saturated carbocycles. The summed E-state index contributed by atoms with van der Waals surface area (Å²) in [5.41, 5.74) is 3.55. The minimum Gasteiger partial charge on any atom is -0.494 e. The number of hydrogen-bond donors (Lipinski definition) is 2. The standard InChI is InChI=1S/C23H26N2O3/c1-2-13-28-18-8-5-16(6-9-18)20(14-17-7-12-22(26)24-17)21-11-10-19(15-3-4-15)23(27)25-21/h5-6,8-11,14-15,17H,2-4,7,12-13H2,1H3,(H,24,26)(H,25,27)/b20-14+/t17-/m1/s1. The summed E-state index contributed by atoms with van der Waals surface area (Å²) in [4.78, 5) is 27.2. The Balaban J connectivity index is 1.68. The Hall–Kier alpha value is -2.82. The number of rotatable bonds is 7. The molecule has 0 unspecified atom stereocenters. The van der Waals surface area contributed by atoms with Gasteiger partial charge in [-0.1, -0.05) is 31.2 Å². The molecule has 1 atom stereocenters. The zero-order chi connectivity index (χ0) is 19.5. The summed E-state index contributed by atoms with van der Waals surface area (Å²) in [5.74, 6) is 1.31.